The first-order valence-electron chi connectivity index (χ1n) is 11.0. The first-order chi connectivity index (χ1) is 13.2. The molecule has 3 heteroatoms. The van der Waals surface area contributed by atoms with Gasteiger partial charge in [0.05, 0.1) is 0 Å². The lowest BCUT2D eigenvalue weighted by atomic mass is 10.1. The number of carbonyl (C=O) groups is 2. The molecule has 0 aliphatic heterocycles. The van der Waals surface area contributed by atoms with E-state index >= 15 is 0 Å². The van der Waals surface area contributed by atoms with E-state index in [-0.39, 0.29) is 11.8 Å². The first kappa shape index (κ1) is 23.4. The topological polar surface area (TPSA) is 43.4 Å². The van der Waals surface area contributed by atoms with Crippen LogP contribution in [0.1, 0.15) is 103 Å². The van der Waals surface area contributed by atoms with Gasteiger partial charge in [-0.15, -0.1) is 0 Å². The van der Waals surface area contributed by atoms with Crippen molar-refractivity contribution < 1.29 is 14.3 Å². The van der Waals surface area contributed by atoms with Gasteiger partial charge in [0, 0.05) is 25.3 Å². The summed E-state index contributed by atoms with van der Waals surface area (Å²) in [5.74, 6) is 0.432. The lowest BCUT2D eigenvalue weighted by Gasteiger charge is -2.11. The van der Waals surface area contributed by atoms with Crippen molar-refractivity contribution in [3.63, 3.8) is 0 Å². The van der Waals surface area contributed by atoms with E-state index in [0.29, 0.717) is 25.0 Å². The summed E-state index contributed by atoms with van der Waals surface area (Å²) < 4.78 is 5.27. The summed E-state index contributed by atoms with van der Waals surface area (Å²) in [5, 5.41) is 0. The van der Waals surface area contributed by atoms with Gasteiger partial charge in [-0.3, -0.25) is 9.59 Å². The number of rotatable bonds is 15. The number of carbonyl (C=O) groups excluding carboxylic acids is 2. The molecule has 0 aromatic rings. The maximum Gasteiger partial charge on any atom is 0.310 e. The average Bonchev–Trinajstić information content (AvgIpc) is 2.65. The van der Waals surface area contributed by atoms with Gasteiger partial charge in [-0.25, -0.2) is 0 Å². The second kappa shape index (κ2) is 16.5. The molecule has 0 aromatic carbocycles. The zero-order chi connectivity index (χ0) is 19.6. The Balaban J connectivity index is 1.89. The number of allylic oxidation sites excluding steroid dienone is 6. The molecule has 0 N–H and O–H groups in total. The highest BCUT2D eigenvalue weighted by molar-refractivity contribution is 5.91. The lowest BCUT2D eigenvalue weighted by molar-refractivity contribution is -0.140. The molecule has 0 heterocycles. The Morgan fingerprint density at radius 1 is 0.926 bits per heavy atom. The maximum absolute atomic E-state index is 11.8. The Bertz CT molecular complexity index is 500. The van der Waals surface area contributed by atoms with E-state index < -0.39 is 0 Å². The van der Waals surface area contributed by atoms with E-state index in [9.17, 15) is 9.59 Å². The molecule has 0 saturated carbocycles. The van der Waals surface area contributed by atoms with Crippen LogP contribution in [0.15, 0.2) is 36.1 Å². The number of ether oxygens (including phenoxy) is 1. The van der Waals surface area contributed by atoms with Crippen LogP contribution < -0.4 is 0 Å². The highest BCUT2D eigenvalue weighted by Crippen LogP contribution is 2.17. The summed E-state index contributed by atoms with van der Waals surface area (Å²) in [7, 11) is 0. The minimum Gasteiger partial charge on any atom is -0.431 e. The number of ketones is 1. The van der Waals surface area contributed by atoms with Crippen LogP contribution in [-0.4, -0.2) is 11.8 Å². The van der Waals surface area contributed by atoms with Gasteiger partial charge in [0.2, 0.25) is 0 Å². The van der Waals surface area contributed by atoms with Crippen LogP contribution in [0.25, 0.3) is 0 Å². The summed E-state index contributed by atoms with van der Waals surface area (Å²) in [6.45, 7) is 2.24. The molecular formula is C24H38O3. The summed E-state index contributed by atoms with van der Waals surface area (Å²) in [6, 6.07) is 0. The highest BCUT2D eigenvalue weighted by Gasteiger charge is 2.13. The number of hydrogen-bond donors (Lipinski definition) is 0. The van der Waals surface area contributed by atoms with E-state index in [1.54, 1.807) is 0 Å². The second-order valence-electron chi connectivity index (χ2n) is 7.39. The van der Waals surface area contributed by atoms with E-state index in [4.69, 9.17) is 4.74 Å². The Labute approximate surface area is 165 Å². The van der Waals surface area contributed by atoms with Gasteiger partial charge in [-0.05, 0) is 44.9 Å². The van der Waals surface area contributed by atoms with Crippen molar-refractivity contribution in [2.24, 2.45) is 0 Å². The number of unbranched alkanes of at least 4 members (excludes halogenated alkanes) is 8. The van der Waals surface area contributed by atoms with Crippen LogP contribution in [0.4, 0.5) is 0 Å². The van der Waals surface area contributed by atoms with Crippen molar-refractivity contribution in [1.82, 2.24) is 0 Å². The fraction of sp³-hybridized carbons (Fsp3) is 0.667. The van der Waals surface area contributed by atoms with Crippen LogP contribution in [0.2, 0.25) is 0 Å². The van der Waals surface area contributed by atoms with Crippen LogP contribution in [0, 0.1) is 0 Å². The van der Waals surface area contributed by atoms with Gasteiger partial charge >= 0.3 is 5.97 Å². The van der Waals surface area contributed by atoms with Gasteiger partial charge in [0.25, 0.3) is 0 Å². The number of hydrogen-bond acceptors (Lipinski definition) is 3. The fourth-order valence-electron chi connectivity index (χ4n) is 3.12. The molecule has 1 rings (SSSR count). The Morgan fingerprint density at radius 2 is 1.59 bits per heavy atom. The third kappa shape index (κ3) is 14.1. The summed E-state index contributed by atoms with van der Waals surface area (Å²) in [5.41, 5.74) is 0. The van der Waals surface area contributed by atoms with E-state index in [1.807, 2.05) is 0 Å². The zero-order valence-electron chi connectivity index (χ0n) is 17.2. The summed E-state index contributed by atoms with van der Waals surface area (Å²) in [6.07, 6.45) is 26.0. The van der Waals surface area contributed by atoms with E-state index in [2.05, 4.69) is 31.2 Å². The molecule has 152 valence electrons. The predicted octanol–water partition coefficient (Wildman–Crippen LogP) is 6.98. The molecule has 0 fully saturated rings. The Hall–Kier alpha value is -1.64. The third-order valence-corrected chi connectivity index (χ3v) is 4.74. The molecule has 0 bridgehead atoms. The molecule has 0 radical (unpaired) electrons. The minimum atomic E-state index is -0.193. The average molecular weight is 375 g/mol. The lowest BCUT2D eigenvalue weighted by Crippen LogP contribution is -2.10. The molecule has 0 unspecified atom stereocenters. The molecule has 1 aliphatic rings. The molecule has 0 aromatic heterocycles. The fourth-order valence-corrected chi connectivity index (χ4v) is 3.12. The smallest absolute Gasteiger partial charge is 0.310 e. The Kier molecular flexibility index (Phi) is 14.3. The maximum atomic E-state index is 11.8. The molecule has 0 spiro atoms. The summed E-state index contributed by atoms with van der Waals surface area (Å²) in [4.78, 5) is 23.0. The second-order valence-corrected chi connectivity index (χ2v) is 7.39. The molecule has 3 nitrogen and oxygen atoms in total. The Morgan fingerprint density at radius 3 is 2.30 bits per heavy atom. The van der Waals surface area contributed by atoms with Crippen molar-refractivity contribution in [2.45, 2.75) is 103 Å². The largest absolute Gasteiger partial charge is 0.431 e. The highest BCUT2D eigenvalue weighted by atomic mass is 16.5. The van der Waals surface area contributed by atoms with Crippen LogP contribution in [-0.2, 0) is 14.3 Å². The quantitative estimate of drug-likeness (QED) is 0.176. The van der Waals surface area contributed by atoms with Gasteiger partial charge < -0.3 is 4.74 Å². The van der Waals surface area contributed by atoms with Crippen molar-refractivity contribution in [2.75, 3.05) is 0 Å². The summed E-state index contributed by atoms with van der Waals surface area (Å²) >= 11 is 0. The van der Waals surface area contributed by atoms with Crippen molar-refractivity contribution in [3.05, 3.63) is 36.1 Å². The third-order valence-electron chi connectivity index (χ3n) is 4.74. The van der Waals surface area contributed by atoms with Crippen LogP contribution >= 0.6 is 0 Å². The van der Waals surface area contributed by atoms with E-state index in [1.165, 1.54) is 51.0 Å². The van der Waals surface area contributed by atoms with Gasteiger partial charge in [-0.2, -0.15) is 0 Å². The van der Waals surface area contributed by atoms with Gasteiger partial charge in [0.15, 0.2) is 5.78 Å². The normalized spacial score (nSPS) is 14.9. The number of esters is 1. The predicted molar refractivity (Wildman–Crippen MR) is 112 cm³/mol. The van der Waals surface area contributed by atoms with Crippen molar-refractivity contribution in [1.29, 1.82) is 0 Å². The standard InChI is InChI=1S/C24H38O3/c1-2-3-4-5-6-7-8-9-10-11-12-13-14-15-16-20-24(26)27-23-19-17-18-22(25)21-23/h6-7,9-10,21H,2-5,8,11-20H2,1H3/b7-6-,10-9-. The van der Waals surface area contributed by atoms with E-state index in [0.717, 1.165) is 32.1 Å². The molecule has 1 aliphatic carbocycles. The van der Waals surface area contributed by atoms with Crippen LogP contribution in [0.5, 0.6) is 0 Å². The first-order valence-corrected chi connectivity index (χ1v) is 11.0. The molecule has 0 saturated heterocycles. The van der Waals surface area contributed by atoms with Crippen molar-refractivity contribution >= 4 is 11.8 Å². The zero-order valence-corrected chi connectivity index (χ0v) is 17.2. The molecule has 0 atom stereocenters. The SMILES string of the molecule is CCCCC/C=C\C/C=C\CCCCCCCC(=O)OC1=CC(=O)CCC1. The van der Waals surface area contributed by atoms with Gasteiger partial charge in [-0.1, -0.05) is 63.3 Å². The van der Waals surface area contributed by atoms with Crippen molar-refractivity contribution in [3.8, 4) is 0 Å². The molecule has 0 amide bonds. The van der Waals surface area contributed by atoms with Gasteiger partial charge in [0.1, 0.15) is 5.76 Å². The minimum absolute atomic E-state index is 0.0705. The molecular weight excluding hydrogens is 336 g/mol. The monoisotopic (exact) mass is 374 g/mol. The van der Waals surface area contributed by atoms with Crippen LogP contribution in [0.3, 0.4) is 0 Å². The molecule has 27 heavy (non-hydrogen) atoms.